The Hall–Kier alpha value is -1.06. The van der Waals surface area contributed by atoms with Gasteiger partial charge in [0.1, 0.15) is 5.75 Å². The highest BCUT2D eigenvalue weighted by molar-refractivity contribution is 5.27. The average molecular weight is 290 g/mol. The maximum Gasteiger partial charge on any atom is 0.118 e. The van der Waals surface area contributed by atoms with E-state index in [1.54, 1.807) is 7.11 Å². The number of methoxy groups -OCH3 is 1. The van der Waals surface area contributed by atoms with E-state index in [0.717, 1.165) is 24.6 Å². The van der Waals surface area contributed by atoms with Crippen molar-refractivity contribution in [1.29, 1.82) is 0 Å². The highest BCUT2D eigenvalue weighted by atomic mass is 16.5. The Morgan fingerprint density at radius 1 is 1.33 bits per heavy atom. The van der Waals surface area contributed by atoms with Crippen LogP contribution in [0, 0.1) is 5.92 Å². The summed E-state index contributed by atoms with van der Waals surface area (Å²) in [6, 6.07) is 8.85. The average Bonchev–Trinajstić information content (AvgIpc) is 2.53. The highest BCUT2D eigenvalue weighted by Crippen LogP contribution is 2.23. The molecule has 0 aliphatic carbocycles. The fraction of sp³-hybridized carbons (Fsp3) is 0.667. The van der Waals surface area contributed by atoms with Crippen molar-refractivity contribution in [3.05, 3.63) is 29.8 Å². The van der Waals surface area contributed by atoms with Crippen molar-refractivity contribution in [2.24, 2.45) is 11.7 Å². The number of hydrogen-bond donors (Lipinski definition) is 1. The van der Waals surface area contributed by atoms with Crippen LogP contribution in [0.2, 0.25) is 0 Å². The van der Waals surface area contributed by atoms with E-state index in [0.29, 0.717) is 6.04 Å². The largest absolute Gasteiger partial charge is 0.497 e. The molecule has 1 heterocycles. The first-order chi connectivity index (χ1) is 10.2. The van der Waals surface area contributed by atoms with Crippen LogP contribution in [0.1, 0.15) is 44.6 Å². The summed E-state index contributed by atoms with van der Waals surface area (Å²) >= 11 is 0. The number of nitrogens with zero attached hydrogens (tertiary/aromatic N) is 1. The third-order valence-corrected chi connectivity index (χ3v) is 4.64. The molecule has 118 valence electrons. The Morgan fingerprint density at radius 2 is 2.10 bits per heavy atom. The van der Waals surface area contributed by atoms with E-state index in [2.05, 4.69) is 36.1 Å². The molecule has 1 fully saturated rings. The normalized spacial score (nSPS) is 21.2. The molecule has 3 heteroatoms. The molecule has 3 nitrogen and oxygen atoms in total. The molecular weight excluding hydrogens is 260 g/mol. The number of hydrogen-bond acceptors (Lipinski definition) is 3. The minimum absolute atomic E-state index is 0.391. The van der Waals surface area contributed by atoms with Crippen LogP contribution in [-0.2, 0) is 6.54 Å². The number of rotatable bonds is 7. The lowest BCUT2D eigenvalue weighted by Gasteiger charge is -2.33. The molecule has 2 unspecified atom stereocenters. The SMILES string of the molecule is CCC(N)CCC1CCCN(Cc2ccc(OC)cc2)C1. The molecular formula is C18H30N2O. The lowest BCUT2D eigenvalue weighted by Crippen LogP contribution is -2.35. The van der Waals surface area contributed by atoms with Crippen LogP contribution < -0.4 is 10.5 Å². The molecule has 1 saturated heterocycles. The van der Waals surface area contributed by atoms with Gasteiger partial charge in [-0.2, -0.15) is 0 Å². The van der Waals surface area contributed by atoms with Crippen LogP contribution in [0.15, 0.2) is 24.3 Å². The fourth-order valence-electron chi connectivity index (χ4n) is 3.17. The van der Waals surface area contributed by atoms with Crippen LogP contribution in [0.3, 0.4) is 0 Å². The third-order valence-electron chi connectivity index (χ3n) is 4.64. The first-order valence-corrected chi connectivity index (χ1v) is 8.32. The Labute approximate surface area is 129 Å². The minimum atomic E-state index is 0.391. The second-order valence-electron chi connectivity index (χ2n) is 6.34. The lowest BCUT2D eigenvalue weighted by molar-refractivity contribution is 0.158. The van der Waals surface area contributed by atoms with Crippen molar-refractivity contribution in [2.45, 2.75) is 51.6 Å². The van der Waals surface area contributed by atoms with Crippen molar-refractivity contribution in [3.8, 4) is 5.75 Å². The molecule has 2 rings (SSSR count). The smallest absolute Gasteiger partial charge is 0.118 e. The third kappa shape index (κ3) is 5.33. The molecule has 0 spiro atoms. The van der Waals surface area contributed by atoms with Crippen molar-refractivity contribution in [1.82, 2.24) is 4.90 Å². The first-order valence-electron chi connectivity index (χ1n) is 8.32. The van der Waals surface area contributed by atoms with Crippen molar-refractivity contribution in [2.75, 3.05) is 20.2 Å². The van der Waals surface area contributed by atoms with E-state index in [4.69, 9.17) is 10.5 Å². The molecule has 2 atom stereocenters. The van der Waals surface area contributed by atoms with Crippen LogP contribution in [0.25, 0.3) is 0 Å². The van der Waals surface area contributed by atoms with Gasteiger partial charge in [-0.05, 0) is 62.3 Å². The summed E-state index contributed by atoms with van der Waals surface area (Å²) in [5.41, 5.74) is 7.43. The van der Waals surface area contributed by atoms with Gasteiger partial charge in [0.15, 0.2) is 0 Å². The van der Waals surface area contributed by atoms with Gasteiger partial charge in [0.2, 0.25) is 0 Å². The van der Waals surface area contributed by atoms with E-state index in [-0.39, 0.29) is 0 Å². The topological polar surface area (TPSA) is 38.5 Å². The molecule has 21 heavy (non-hydrogen) atoms. The first kappa shape index (κ1) is 16.3. The van der Waals surface area contributed by atoms with Crippen LogP contribution in [0.4, 0.5) is 0 Å². The highest BCUT2D eigenvalue weighted by Gasteiger charge is 2.20. The summed E-state index contributed by atoms with van der Waals surface area (Å²) in [6.45, 7) is 5.69. The maximum atomic E-state index is 6.05. The quantitative estimate of drug-likeness (QED) is 0.836. The van der Waals surface area contributed by atoms with Crippen molar-refractivity contribution >= 4 is 0 Å². The number of ether oxygens (including phenoxy) is 1. The van der Waals surface area contributed by atoms with Gasteiger partial charge in [-0.3, -0.25) is 4.90 Å². The van der Waals surface area contributed by atoms with E-state index < -0.39 is 0 Å². The van der Waals surface area contributed by atoms with E-state index >= 15 is 0 Å². The second kappa shape index (κ2) is 8.40. The molecule has 1 aliphatic heterocycles. The van der Waals surface area contributed by atoms with E-state index in [9.17, 15) is 0 Å². The van der Waals surface area contributed by atoms with Gasteiger partial charge in [-0.25, -0.2) is 0 Å². The standard InChI is InChI=1S/C18H30N2O/c1-3-17(19)9-6-15-5-4-12-20(13-15)14-16-7-10-18(21-2)11-8-16/h7-8,10-11,15,17H,3-6,9,12-14,19H2,1-2H3. The lowest BCUT2D eigenvalue weighted by atomic mass is 9.91. The van der Waals surface area contributed by atoms with E-state index in [1.165, 1.54) is 44.3 Å². The molecule has 0 aromatic heterocycles. The Kier molecular flexibility index (Phi) is 6.52. The van der Waals surface area contributed by atoms with Crippen LogP contribution >= 0.6 is 0 Å². The molecule has 1 aliphatic rings. The molecule has 0 saturated carbocycles. The summed E-state index contributed by atoms with van der Waals surface area (Å²) in [5, 5.41) is 0. The zero-order chi connectivity index (χ0) is 15.1. The monoisotopic (exact) mass is 290 g/mol. The van der Waals surface area contributed by atoms with Gasteiger partial charge in [-0.15, -0.1) is 0 Å². The predicted molar refractivity (Wildman–Crippen MR) is 88.5 cm³/mol. The molecule has 2 N–H and O–H groups in total. The second-order valence-corrected chi connectivity index (χ2v) is 6.34. The van der Waals surface area contributed by atoms with Crippen LogP contribution in [-0.4, -0.2) is 31.1 Å². The molecule has 0 bridgehead atoms. The fourth-order valence-corrected chi connectivity index (χ4v) is 3.17. The Balaban J connectivity index is 1.80. The van der Waals surface area contributed by atoms with Gasteiger partial charge in [0, 0.05) is 19.1 Å². The van der Waals surface area contributed by atoms with Gasteiger partial charge in [-0.1, -0.05) is 19.1 Å². The molecule has 0 radical (unpaired) electrons. The predicted octanol–water partition coefficient (Wildman–Crippen LogP) is 3.42. The molecule has 0 amide bonds. The van der Waals surface area contributed by atoms with Crippen LogP contribution in [0.5, 0.6) is 5.75 Å². The zero-order valence-corrected chi connectivity index (χ0v) is 13.6. The summed E-state index contributed by atoms with van der Waals surface area (Å²) in [7, 11) is 1.71. The number of benzene rings is 1. The summed E-state index contributed by atoms with van der Waals surface area (Å²) in [6.07, 6.45) is 6.26. The maximum absolute atomic E-state index is 6.05. The van der Waals surface area contributed by atoms with Crippen molar-refractivity contribution in [3.63, 3.8) is 0 Å². The van der Waals surface area contributed by atoms with Gasteiger partial charge in [0.05, 0.1) is 7.11 Å². The molecule has 1 aromatic carbocycles. The number of likely N-dealkylation sites (tertiary alicyclic amines) is 1. The summed E-state index contributed by atoms with van der Waals surface area (Å²) in [4.78, 5) is 2.59. The summed E-state index contributed by atoms with van der Waals surface area (Å²) in [5.74, 6) is 1.76. The van der Waals surface area contributed by atoms with Gasteiger partial charge in [0.25, 0.3) is 0 Å². The van der Waals surface area contributed by atoms with Crippen molar-refractivity contribution < 1.29 is 4.74 Å². The van der Waals surface area contributed by atoms with Gasteiger partial charge < -0.3 is 10.5 Å². The summed E-state index contributed by atoms with van der Waals surface area (Å²) < 4.78 is 5.22. The molecule has 1 aromatic rings. The van der Waals surface area contributed by atoms with Gasteiger partial charge >= 0.3 is 0 Å². The van der Waals surface area contributed by atoms with E-state index in [1.807, 2.05) is 0 Å². The minimum Gasteiger partial charge on any atom is -0.497 e. The zero-order valence-electron chi connectivity index (χ0n) is 13.6. The Bertz CT molecular complexity index is 404. The Morgan fingerprint density at radius 3 is 2.76 bits per heavy atom. The number of nitrogens with two attached hydrogens (primary N) is 1. The number of piperidine rings is 1.